The van der Waals surface area contributed by atoms with Crippen LogP contribution in [0.4, 0.5) is 5.69 Å². The summed E-state index contributed by atoms with van der Waals surface area (Å²) in [5.41, 5.74) is 4.55. The zero-order chi connectivity index (χ0) is 18.1. The van der Waals surface area contributed by atoms with Gasteiger partial charge in [-0.15, -0.1) is 0 Å². The molecule has 3 aromatic rings. The van der Waals surface area contributed by atoms with E-state index in [1.54, 1.807) is 0 Å². The summed E-state index contributed by atoms with van der Waals surface area (Å²) in [6.45, 7) is 0.617. The maximum atomic E-state index is 13.3. The molecule has 134 valence electrons. The van der Waals surface area contributed by atoms with Crippen LogP contribution in [0, 0.1) is 0 Å². The third-order valence-corrected chi connectivity index (χ3v) is 5.22. The lowest BCUT2D eigenvalue weighted by Gasteiger charge is -2.27. The van der Waals surface area contributed by atoms with E-state index in [1.807, 2.05) is 52.9 Å². The minimum absolute atomic E-state index is 0.0115. The second-order valence-corrected chi connectivity index (χ2v) is 6.84. The predicted octanol–water partition coefficient (Wildman–Crippen LogP) is 3.44. The van der Waals surface area contributed by atoms with Gasteiger partial charge in [-0.2, -0.15) is 0 Å². The van der Waals surface area contributed by atoms with Gasteiger partial charge in [0.2, 0.25) is 0 Å². The van der Waals surface area contributed by atoms with Gasteiger partial charge in [-0.05, 0) is 49.1 Å². The summed E-state index contributed by atoms with van der Waals surface area (Å²) < 4.78 is 1.86. The van der Waals surface area contributed by atoms with Gasteiger partial charge < -0.3 is 14.6 Å². The number of amides is 1. The number of rotatable bonds is 2. The average Bonchev–Trinajstić information content (AvgIpc) is 2.97. The Balaban J connectivity index is 1.74. The maximum Gasteiger partial charge on any atom is 0.258 e. The second-order valence-electron chi connectivity index (χ2n) is 6.84. The number of hydrogen-bond donors (Lipinski definition) is 1. The Morgan fingerprint density at radius 2 is 2.00 bits per heavy atom. The minimum Gasteiger partial charge on any atom is -0.388 e. The van der Waals surface area contributed by atoms with E-state index in [4.69, 9.17) is 0 Å². The van der Waals surface area contributed by atoms with Crippen LogP contribution in [0.3, 0.4) is 0 Å². The smallest absolute Gasteiger partial charge is 0.258 e. The zero-order valence-corrected chi connectivity index (χ0v) is 15.0. The molecule has 0 bridgehead atoms. The maximum absolute atomic E-state index is 13.3. The van der Waals surface area contributed by atoms with Crippen LogP contribution in [0.25, 0.3) is 11.0 Å². The van der Waals surface area contributed by atoms with Crippen molar-refractivity contribution in [3.63, 3.8) is 0 Å². The average molecular weight is 349 g/mol. The Hall–Kier alpha value is -2.66. The SMILES string of the molecule is Cn1c(CO)nc2cc(C(=O)N3CCCCCc4ccccc43)ccc21. The van der Waals surface area contributed by atoms with Gasteiger partial charge in [0, 0.05) is 24.8 Å². The molecule has 1 amide bonds. The molecule has 2 aromatic carbocycles. The molecule has 1 aromatic heterocycles. The van der Waals surface area contributed by atoms with Crippen molar-refractivity contribution in [1.29, 1.82) is 0 Å². The number of aliphatic hydroxyl groups excluding tert-OH is 1. The molecular weight excluding hydrogens is 326 g/mol. The van der Waals surface area contributed by atoms with Crippen LogP contribution in [-0.2, 0) is 20.1 Å². The highest BCUT2D eigenvalue weighted by atomic mass is 16.3. The van der Waals surface area contributed by atoms with Crippen molar-refractivity contribution in [2.45, 2.75) is 32.3 Å². The van der Waals surface area contributed by atoms with E-state index in [0.29, 0.717) is 11.4 Å². The number of aromatic nitrogens is 2. The molecule has 0 saturated heterocycles. The molecule has 1 N–H and O–H groups in total. The number of hydrogen-bond acceptors (Lipinski definition) is 3. The number of carbonyl (C=O) groups excluding carboxylic acids is 1. The van der Waals surface area contributed by atoms with E-state index < -0.39 is 0 Å². The summed E-state index contributed by atoms with van der Waals surface area (Å²) in [4.78, 5) is 19.6. The van der Waals surface area contributed by atoms with Gasteiger partial charge in [0.15, 0.2) is 0 Å². The third kappa shape index (κ3) is 2.88. The summed E-state index contributed by atoms with van der Waals surface area (Å²) in [5, 5.41) is 9.41. The van der Waals surface area contributed by atoms with Gasteiger partial charge in [0.05, 0.1) is 11.0 Å². The van der Waals surface area contributed by atoms with Crippen LogP contribution in [0.2, 0.25) is 0 Å². The van der Waals surface area contributed by atoms with E-state index in [9.17, 15) is 9.90 Å². The predicted molar refractivity (Wildman–Crippen MR) is 102 cm³/mol. The molecule has 4 rings (SSSR count). The largest absolute Gasteiger partial charge is 0.388 e. The molecule has 5 heteroatoms. The van der Waals surface area contributed by atoms with Gasteiger partial charge in [-0.25, -0.2) is 4.98 Å². The van der Waals surface area contributed by atoms with Crippen molar-refractivity contribution >= 4 is 22.6 Å². The molecule has 0 atom stereocenters. The summed E-state index contributed by atoms with van der Waals surface area (Å²) in [6, 6.07) is 13.8. The molecule has 0 radical (unpaired) electrons. The topological polar surface area (TPSA) is 58.4 Å². The van der Waals surface area contributed by atoms with Crippen LogP contribution in [0.1, 0.15) is 41.0 Å². The van der Waals surface area contributed by atoms with Crippen LogP contribution in [0.5, 0.6) is 0 Å². The number of aryl methyl sites for hydroxylation is 2. The molecule has 1 aliphatic rings. The zero-order valence-electron chi connectivity index (χ0n) is 15.0. The van der Waals surface area contributed by atoms with Crippen molar-refractivity contribution in [2.24, 2.45) is 7.05 Å². The Kier molecular flexibility index (Phi) is 4.47. The summed E-state index contributed by atoms with van der Waals surface area (Å²) in [6.07, 6.45) is 4.33. The van der Waals surface area contributed by atoms with E-state index >= 15 is 0 Å². The molecule has 1 aliphatic heterocycles. The van der Waals surface area contributed by atoms with Gasteiger partial charge in [0.1, 0.15) is 12.4 Å². The van der Waals surface area contributed by atoms with E-state index in [1.165, 1.54) is 12.0 Å². The van der Waals surface area contributed by atoms with Crippen molar-refractivity contribution in [3.05, 3.63) is 59.4 Å². The lowest BCUT2D eigenvalue weighted by Crippen LogP contribution is -2.33. The fraction of sp³-hybridized carbons (Fsp3) is 0.333. The van der Waals surface area contributed by atoms with Crippen LogP contribution in [0.15, 0.2) is 42.5 Å². The van der Waals surface area contributed by atoms with Crippen LogP contribution in [-0.4, -0.2) is 27.1 Å². The number of anilines is 1. The quantitative estimate of drug-likeness (QED) is 0.771. The third-order valence-electron chi connectivity index (χ3n) is 5.22. The lowest BCUT2D eigenvalue weighted by atomic mass is 10.0. The first kappa shape index (κ1) is 16.8. The number of fused-ring (bicyclic) bond motifs is 2. The molecule has 26 heavy (non-hydrogen) atoms. The Morgan fingerprint density at radius 3 is 2.85 bits per heavy atom. The molecular formula is C21H23N3O2. The molecule has 2 heterocycles. The van der Waals surface area contributed by atoms with E-state index in [0.717, 1.165) is 42.5 Å². The molecule has 0 saturated carbocycles. The Morgan fingerprint density at radius 1 is 1.15 bits per heavy atom. The van der Waals surface area contributed by atoms with Crippen LogP contribution >= 0.6 is 0 Å². The number of para-hydroxylation sites is 1. The number of nitrogens with zero attached hydrogens (tertiary/aromatic N) is 3. The molecule has 0 spiro atoms. The standard InChI is InChI=1S/C21H23N3O2/c1-23-19-11-10-16(13-17(19)22-20(23)14-25)21(26)24-12-6-2-3-7-15-8-4-5-9-18(15)24/h4-5,8-11,13,25H,2-3,6-7,12,14H2,1H3. The fourth-order valence-corrected chi connectivity index (χ4v) is 3.76. The highest BCUT2D eigenvalue weighted by Gasteiger charge is 2.22. The first-order valence-electron chi connectivity index (χ1n) is 9.15. The number of aliphatic hydroxyl groups is 1. The Labute approximate surface area is 152 Å². The minimum atomic E-state index is -0.117. The van der Waals surface area contributed by atoms with Crippen LogP contribution < -0.4 is 4.90 Å². The summed E-state index contributed by atoms with van der Waals surface area (Å²) in [7, 11) is 1.87. The van der Waals surface area contributed by atoms with Gasteiger partial charge in [0.25, 0.3) is 5.91 Å². The van der Waals surface area contributed by atoms with Crippen molar-refractivity contribution in [2.75, 3.05) is 11.4 Å². The monoisotopic (exact) mass is 349 g/mol. The molecule has 0 unspecified atom stereocenters. The van der Waals surface area contributed by atoms with Gasteiger partial charge in [-0.1, -0.05) is 24.6 Å². The highest BCUT2D eigenvalue weighted by molar-refractivity contribution is 6.08. The second kappa shape index (κ2) is 6.92. The first-order valence-corrected chi connectivity index (χ1v) is 9.15. The number of imidazole rings is 1. The lowest BCUT2D eigenvalue weighted by molar-refractivity contribution is 0.0986. The molecule has 5 nitrogen and oxygen atoms in total. The summed E-state index contributed by atoms with van der Waals surface area (Å²) >= 11 is 0. The van der Waals surface area contributed by atoms with E-state index in [2.05, 4.69) is 11.1 Å². The van der Waals surface area contributed by atoms with Crippen molar-refractivity contribution in [1.82, 2.24) is 9.55 Å². The number of carbonyl (C=O) groups is 1. The normalized spacial score (nSPS) is 14.8. The summed E-state index contributed by atoms with van der Waals surface area (Å²) in [5.74, 6) is 0.610. The Bertz CT molecular complexity index is 961. The van der Waals surface area contributed by atoms with Crippen molar-refractivity contribution in [3.8, 4) is 0 Å². The molecule has 0 aliphatic carbocycles. The highest BCUT2D eigenvalue weighted by Crippen LogP contribution is 2.28. The molecule has 0 fully saturated rings. The van der Waals surface area contributed by atoms with Gasteiger partial charge >= 0.3 is 0 Å². The van der Waals surface area contributed by atoms with Gasteiger partial charge in [-0.3, -0.25) is 4.79 Å². The van der Waals surface area contributed by atoms with Crippen molar-refractivity contribution < 1.29 is 9.90 Å². The number of benzene rings is 2. The fourth-order valence-electron chi connectivity index (χ4n) is 3.76. The van der Waals surface area contributed by atoms with E-state index in [-0.39, 0.29) is 12.5 Å². The first-order chi connectivity index (χ1) is 12.7.